The topological polar surface area (TPSA) is 17.1 Å². The number of hydrogen-bond acceptors (Lipinski definition) is 1. The van der Waals surface area contributed by atoms with Gasteiger partial charge in [-0.05, 0) is 25.3 Å². The average molecular weight is 320 g/mol. The summed E-state index contributed by atoms with van der Waals surface area (Å²) in [6.07, 6.45) is 13.1. The van der Waals surface area contributed by atoms with Crippen molar-refractivity contribution in [3.63, 3.8) is 0 Å². The Morgan fingerprint density at radius 3 is 1.83 bits per heavy atom. The molecular formula is C21H33FO. The number of Topliss-reactive ketones (excluding diaryl/α,β-unsaturated/α-hetero) is 1. The third-order valence-corrected chi connectivity index (χ3v) is 4.42. The molecule has 0 N–H and O–H groups in total. The quantitative estimate of drug-likeness (QED) is 0.292. The van der Waals surface area contributed by atoms with Gasteiger partial charge in [0.05, 0.1) is 0 Å². The van der Waals surface area contributed by atoms with Crippen LogP contribution in [0.4, 0.5) is 4.39 Å². The maximum absolute atomic E-state index is 13.0. The number of aryl methyl sites for hydroxylation is 1. The van der Waals surface area contributed by atoms with E-state index in [1.165, 1.54) is 76.7 Å². The van der Waals surface area contributed by atoms with Crippen LogP contribution in [0.25, 0.3) is 0 Å². The highest BCUT2D eigenvalue weighted by molar-refractivity contribution is 5.99. The number of carbonyl (C=O) groups excluding carboxylic acids is 1. The Labute approximate surface area is 141 Å². The van der Waals surface area contributed by atoms with E-state index in [1.54, 1.807) is 12.1 Å². The van der Waals surface area contributed by atoms with Crippen molar-refractivity contribution in [1.29, 1.82) is 0 Å². The van der Waals surface area contributed by atoms with Gasteiger partial charge in [-0.25, -0.2) is 4.39 Å². The highest BCUT2D eigenvalue weighted by atomic mass is 19.1. The first-order valence-electron chi connectivity index (χ1n) is 9.42. The SMILES string of the molecule is CCCCCCCCCCCCc1ccc(C(=O)C(C)F)cc1. The molecule has 0 aliphatic heterocycles. The summed E-state index contributed by atoms with van der Waals surface area (Å²) in [6.45, 7) is 3.55. The smallest absolute Gasteiger partial charge is 0.196 e. The molecular weight excluding hydrogens is 287 g/mol. The van der Waals surface area contributed by atoms with Gasteiger partial charge in [-0.2, -0.15) is 0 Å². The number of hydrogen-bond donors (Lipinski definition) is 0. The molecule has 0 heterocycles. The first kappa shape index (κ1) is 19.9. The highest BCUT2D eigenvalue weighted by Crippen LogP contribution is 2.14. The van der Waals surface area contributed by atoms with E-state index in [0.717, 1.165) is 6.42 Å². The molecule has 1 atom stereocenters. The van der Waals surface area contributed by atoms with Crippen LogP contribution in [0.1, 0.15) is 94.0 Å². The van der Waals surface area contributed by atoms with E-state index in [1.807, 2.05) is 12.1 Å². The summed E-state index contributed by atoms with van der Waals surface area (Å²) in [5, 5.41) is 0. The number of rotatable bonds is 13. The van der Waals surface area contributed by atoms with Crippen molar-refractivity contribution in [2.24, 2.45) is 0 Å². The second kappa shape index (κ2) is 12.3. The number of ketones is 1. The van der Waals surface area contributed by atoms with Crippen LogP contribution in [0.5, 0.6) is 0 Å². The van der Waals surface area contributed by atoms with Gasteiger partial charge >= 0.3 is 0 Å². The average Bonchev–Trinajstić information content (AvgIpc) is 2.56. The number of benzene rings is 1. The Balaban J connectivity index is 2.06. The molecule has 23 heavy (non-hydrogen) atoms. The van der Waals surface area contributed by atoms with Crippen molar-refractivity contribution in [3.8, 4) is 0 Å². The van der Waals surface area contributed by atoms with Crippen LogP contribution in [-0.4, -0.2) is 12.0 Å². The number of alkyl halides is 1. The lowest BCUT2D eigenvalue weighted by atomic mass is 10.0. The minimum atomic E-state index is -1.41. The predicted octanol–water partition coefficient (Wildman–Crippen LogP) is 6.69. The summed E-state index contributed by atoms with van der Waals surface area (Å²) in [4.78, 5) is 11.5. The zero-order valence-electron chi connectivity index (χ0n) is 15.0. The molecule has 0 fully saturated rings. The Morgan fingerprint density at radius 2 is 1.35 bits per heavy atom. The molecule has 0 saturated carbocycles. The van der Waals surface area contributed by atoms with Crippen LogP contribution < -0.4 is 0 Å². The monoisotopic (exact) mass is 320 g/mol. The largest absolute Gasteiger partial charge is 0.291 e. The first-order chi connectivity index (χ1) is 11.1. The van der Waals surface area contributed by atoms with E-state index in [2.05, 4.69) is 6.92 Å². The Hall–Kier alpha value is -1.18. The van der Waals surface area contributed by atoms with E-state index in [4.69, 9.17) is 0 Å². The summed E-state index contributed by atoms with van der Waals surface area (Å²) in [5.41, 5.74) is 1.72. The fourth-order valence-corrected chi connectivity index (χ4v) is 2.88. The van der Waals surface area contributed by atoms with E-state index in [9.17, 15) is 9.18 Å². The molecule has 0 aliphatic carbocycles. The molecule has 1 nitrogen and oxygen atoms in total. The minimum Gasteiger partial charge on any atom is -0.291 e. The van der Waals surface area contributed by atoms with Crippen LogP contribution in [0.3, 0.4) is 0 Å². The second-order valence-electron chi connectivity index (χ2n) is 6.61. The van der Waals surface area contributed by atoms with Crippen molar-refractivity contribution in [2.45, 2.75) is 90.6 Å². The van der Waals surface area contributed by atoms with Gasteiger partial charge in [-0.15, -0.1) is 0 Å². The van der Waals surface area contributed by atoms with Gasteiger partial charge in [0.25, 0.3) is 0 Å². The lowest BCUT2D eigenvalue weighted by molar-refractivity contribution is 0.0893. The molecule has 1 aromatic carbocycles. The van der Waals surface area contributed by atoms with Crippen molar-refractivity contribution >= 4 is 5.78 Å². The second-order valence-corrected chi connectivity index (χ2v) is 6.61. The van der Waals surface area contributed by atoms with Crippen molar-refractivity contribution in [3.05, 3.63) is 35.4 Å². The maximum Gasteiger partial charge on any atom is 0.196 e. The van der Waals surface area contributed by atoms with Gasteiger partial charge in [0.1, 0.15) is 0 Å². The molecule has 130 valence electrons. The fourth-order valence-electron chi connectivity index (χ4n) is 2.88. The van der Waals surface area contributed by atoms with Gasteiger partial charge in [-0.1, -0.05) is 89.0 Å². The number of carbonyl (C=O) groups is 1. The molecule has 1 aromatic rings. The van der Waals surface area contributed by atoms with Gasteiger partial charge in [0, 0.05) is 5.56 Å². The van der Waals surface area contributed by atoms with Crippen molar-refractivity contribution < 1.29 is 9.18 Å². The maximum atomic E-state index is 13.0. The van der Waals surface area contributed by atoms with Crippen LogP contribution in [0.2, 0.25) is 0 Å². The molecule has 0 bridgehead atoms. The third-order valence-electron chi connectivity index (χ3n) is 4.42. The van der Waals surface area contributed by atoms with Gasteiger partial charge in [0.15, 0.2) is 12.0 Å². The first-order valence-corrected chi connectivity index (χ1v) is 9.42. The zero-order valence-corrected chi connectivity index (χ0v) is 15.0. The molecule has 0 amide bonds. The molecule has 0 spiro atoms. The minimum absolute atomic E-state index is 0.421. The summed E-state index contributed by atoms with van der Waals surface area (Å²) >= 11 is 0. The van der Waals surface area contributed by atoms with E-state index >= 15 is 0 Å². The summed E-state index contributed by atoms with van der Waals surface area (Å²) in [7, 11) is 0. The Bertz CT molecular complexity index is 422. The molecule has 1 unspecified atom stereocenters. The normalized spacial score (nSPS) is 12.3. The molecule has 0 saturated heterocycles. The molecule has 0 aromatic heterocycles. The molecule has 2 heteroatoms. The predicted molar refractivity (Wildman–Crippen MR) is 96.9 cm³/mol. The summed E-state index contributed by atoms with van der Waals surface area (Å²) in [6, 6.07) is 7.43. The third kappa shape index (κ3) is 8.88. The lowest BCUT2D eigenvalue weighted by Gasteiger charge is -2.05. The Morgan fingerprint density at radius 1 is 0.870 bits per heavy atom. The fraction of sp³-hybridized carbons (Fsp3) is 0.667. The Kier molecular flexibility index (Phi) is 10.6. The molecule has 0 radical (unpaired) electrons. The van der Waals surface area contributed by atoms with E-state index < -0.39 is 12.0 Å². The van der Waals surface area contributed by atoms with E-state index in [-0.39, 0.29) is 0 Å². The summed E-state index contributed by atoms with van der Waals surface area (Å²) < 4.78 is 13.0. The van der Waals surface area contributed by atoms with Gasteiger partial charge < -0.3 is 0 Å². The van der Waals surface area contributed by atoms with Crippen LogP contribution in [0.15, 0.2) is 24.3 Å². The van der Waals surface area contributed by atoms with Crippen molar-refractivity contribution in [2.75, 3.05) is 0 Å². The number of unbranched alkanes of at least 4 members (excludes halogenated alkanes) is 9. The van der Waals surface area contributed by atoms with E-state index in [0.29, 0.717) is 5.56 Å². The van der Waals surface area contributed by atoms with Crippen LogP contribution in [-0.2, 0) is 6.42 Å². The standard InChI is InChI=1S/C21H33FO/c1-3-4-5-6-7-8-9-10-11-12-13-19-14-16-20(17-15-19)21(23)18(2)22/h14-18H,3-13H2,1-2H3. The molecule has 0 aliphatic rings. The van der Waals surface area contributed by atoms with Gasteiger partial charge in [-0.3, -0.25) is 4.79 Å². The summed E-state index contributed by atoms with van der Waals surface area (Å²) in [5.74, 6) is -0.421. The van der Waals surface area contributed by atoms with Crippen LogP contribution >= 0.6 is 0 Å². The number of halogens is 1. The highest BCUT2D eigenvalue weighted by Gasteiger charge is 2.12. The lowest BCUT2D eigenvalue weighted by Crippen LogP contribution is -2.11. The van der Waals surface area contributed by atoms with Crippen molar-refractivity contribution in [1.82, 2.24) is 0 Å². The molecule has 1 rings (SSSR count). The van der Waals surface area contributed by atoms with Crippen LogP contribution in [0, 0.1) is 0 Å². The van der Waals surface area contributed by atoms with Gasteiger partial charge in [0.2, 0.25) is 0 Å². The zero-order chi connectivity index (χ0) is 16.9.